The standard InChI is InChI=1S/C32H31F2N7O3/c1-19-17-40(28-9-8-23(34)12-25(19)28)24-10-20(14-36-15-24)18-41-29(21-6-5-7-22(11-21)31(43)39(3)4)37-16-27(32(41)44)38-30(42)26(13-33)35-2/h5-12,14-17,26,35H,13,18H2,1-4H3,(H,38,42). The molecular weight excluding hydrogens is 568 g/mol. The molecule has 1 unspecified atom stereocenters. The second-order valence-electron chi connectivity index (χ2n) is 10.5. The molecule has 44 heavy (non-hydrogen) atoms. The molecule has 5 rings (SSSR count). The summed E-state index contributed by atoms with van der Waals surface area (Å²) >= 11 is 0. The van der Waals surface area contributed by atoms with Gasteiger partial charge in [-0.05, 0) is 61.5 Å². The van der Waals surface area contributed by atoms with Crippen molar-refractivity contribution in [3.63, 3.8) is 0 Å². The number of halogens is 2. The van der Waals surface area contributed by atoms with Crippen LogP contribution in [0.15, 0.2) is 78.1 Å². The summed E-state index contributed by atoms with van der Waals surface area (Å²) in [7, 11) is 4.72. The number of carbonyl (C=O) groups is 2. The van der Waals surface area contributed by atoms with Crippen LogP contribution in [0.3, 0.4) is 0 Å². The quantitative estimate of drug-likeness (QED) is 0.265. The molecule has 0 spiro atoms. The van der Waals surface area contributed by atoms with Crippen LogP contribution in [-0.2, 0) is 11.3 Å². The second-order valence-corrected chi connectivity index (χ2v) is 10.5. The summed E-state index contributed by atoms with van der Waals surface area (Å²) in [5.74, 6) is -1.03. The van der Waals surface area contributed by atoms with Crippen molar-refractivity contribution in [1.82, 2.24) is 29.3 Å². The summed E-state index contributed by atoms with van der Waals surface area (Å²) in [5.41, 5.74) is 3.20. The van der Waals surface area contributed by atoms with Crippen molar-refractivity contribution in [2.45, 2.75) is 19.5 Å². The molecule has 10 nitrogen and oxygen atoms in total. The number of nitrogens with zero attached hydrogens (tertiary/aromatic N) is 5. The predicted octanol–water partition coefficient (Wildman–Crippen LogP) is 3.94. The number of nitrogens with one attached hydrogen (secondary N) is 2. The number of carbonyl (C=O) groups excluding carboxylic acids is 2. The van der Waals surface area contributed by atoms with Gasteiger partial charge in [-0.25, -0.2) is 13.8 Å². The maximum atomic E-state index is 13.9. The Bertz CT molecular complexity index is 1930. The van der Waals surface area contributed by atoms with Gasteiger partial charge in [-0.3, -0.25) is 23.9 Å². The summed E-state index contributed by atoms with van der Waals surface area (Å²) in [5, 5.41) is 5.81. The third-order valence-electron chi connectivity index (χ3n) is 7.26. The van der Waals surface area contributed by atoms with Gasteiger partial charge in [0.1, 0.15) is 30.0 Å². The van der Waals surface area contributed by atoms with Crippen LogP contribution in [-0.4, -0.2) is 69.7 Å². The minimum absolute atomic E-state index is 0.00293. The number of fused-ring (bicyclic) bond motifs is 1. The fourth-order valence-electron chi connectivity index (χ4n) is 4.96. The number of hydrogen-bond acceptors (Lipinski definition) is 6. The van der Waals surface area contributed by atoms with Gasteiger partial charge in [0.15, 0.2) is 0 Å². The number of anilines is 1. The number of amides is 2. The van der Waals surface area contributed by atoms with Crippen LogP contribution in [0.2, 0.25) is 0 Å². The van der Waals surface area contributed by atoms with Crippen LogP contribution in [0.25, 0.3) is 28.0 Å². The molecule has 2 aromatic carbocycles. The average molecular weight is 600 g/mol. The molecule has 226 valence electrons. The molecule has 0 radical (unpaired) electrons. The minimum atomic E-state index is -1.15. The van der Waals surface area contributed by atoms with Crippen LogP contribution >= 0.6 is 0 Å². The zero-order chi connectivity index (χ0) is 31.5. The van der Waals surface area contributed by atoms with Crippen LogP contribution in [0.5, 0.6) is 0 Å². The molecule has 0 aliphatic rings. The lowest BCUT2D eigenvalue weighted by atomic mass is 10.1. The number of rotatable bonds is 9. The Hall–Kier alpha value is -5.23. The lowest BCUT2D eigenvalue weighted by Gasteiger charge is -2.17. The van der Waals surface area contributed by atoms with E-state index in [1.165, 1.54) is 34.8 Å². The first-order chi connectivity index (χ1) is 21.1. The van der Waals surface area contributed by atoms with Gasteiger partial charge in [0, 0.05) is 43.0 Å². The van der Waals surface area contributed by atoms with Gasteiger partial charge in [-0.1, -0.05) is 12.1 Å². The van der Waals surface area contributed by atoms with Crippen molar-refractivity contribution in [3.05, 3.63) is 106 Å². The number of aromatic nitrogens is 4. The summed E-state index contributed by atoms with van der Waals surface area (Å²) in [6.45, 7) is 0.930. The Morgan fingerprint density at radius 1 is 1.07 bits per heavy atom. The van der Waals surface area contributed by atoms with Gasteiger partial charge in [-0.15, -0.1) is 0 Å². The molecule has 5 aromatic rings. The van der Waals surface area contributed by atoms with Gasteiger partial charge in [-0.2, -0.15) is 0 Å². The monoisotopic (exact) mass is 599 g/mol. The highest BCUT2D eigenvalue weighted by molar-refractivity contribution is 5.95. The van der Waals surface area contributed by atoms with E-state index in [4.69, 9.17) is 0 Å². The van der Waals surface area contributed by atoms with Crippen molar-refractivity contribution in [2.24, 2.45) is 0 Å². The van der Waals surface area contributed by atoms with E-state index in [0.717, 1.165) is 16.5 Å². The zero-order valence-electron chi connectivity index (χ0n) is 24.6. The third-order valence-corrected chi connectivity index (χ3v) is 7.26. The molecule has 12 heteroatoms. The molecule has 2 amide bonds. The number of likely N-dealkylation sites (N-methyl/N-ethyl adjacent to an activating group) is 1. The molecule has 0 saturated heterocycles. The molecule has 3 aromatic heterocycles. The zero-order valence-corrected chi connectivity index (χ0v) is 24.6. The molecular formula is C32H31F2N7O3. The highest BCUT2D eigenvalue weighted by Gasteiger charge is 2.21. The number of aryl methyl sites for hydroxylation is 1. The topological polar surface area (TPSA) is 114 Å². The van der Waals surface area contributed by atoms with Gasteiger partial charge in [0.25, 0.3) is 11.5 Å². The second kappa shape index (κ2) is 12.6. The predicted molar refractivity (Wildman–Crippen MR) is 164 cm³/mol. The Labute approximate surface area is 252 Å². The molecule has 3 heterocycles. The Morgan fingerprint density at radius 3 is 2.59 bits per heavy atom. The summed E-state index contributed by atoms with van der Waals surface area (Å²) in [6, 6.07) is 12.0. The molecule has 2 N–H and O–H groups in total. The fraction of sp³-hybridized carbons (Fsp3) is 0.219. The van der Waals surface area contributed by atoms with E-state index in [1.807, 2.05) is 23.8 Å². The van der Waals surface area contributed by atoms with E-state index in [1.54, 1.807) is 56.8 Å². The van der Waals surface area contributed by atoms with E-state index >= 15 is 0 Å². The Kier molecular flexibility index (Phi) is 8.63. The van der Waals surface area contributed by atoms with E-state index < -0.39 is 24.2 Å². The fourth-order valence-corrected chi connectivity index (χ4v) is 4.96. The first kappa shape index (κ1) is 30.2. The molecule has 0 aliphatic carbocycles. The smallest absolute Gasteiger partial charge is 0.277 e. The number of pyridine rings is 1. The summed E-state index contributed by atoms with van der Waals surface area (Å²) in [6.07, 6.45) is 6.38. The van der Waals surface area contributed by atoms with Crippen LogP contribution in [0.1, 0.15) is 21.5 Å². The number of hydrogen-bond donors (Lipinski definition) is 2. The molecule has 0 bridgehead atoms. The van der Waals surface area contributed by atoms with Crippen molar-refractivity contribution in [2.75, 3.05) is 33.1 Å². The number of alkyl halides is 1. The highest BCUT2D eigenvalue weighted by Crippen LogP contribution is 2.26. The van der Waals surface area contributed by atoms with Crippen molar-refractivity contribution in [3.8, 4) is 17.1 Å². The van der Waals surface area contributed by atoms with Gasteiger partial charge < -0.3 is 20.1 Å². The van der Waals surface area contributed by atoms with Crippen molar-refractivity contribution >= 4 is 28.4 Å². The van der Waals surface area contributed by atoms with E-state index in [0.29, 0.717) is 22.4 Å². The van der Waals surface area contributed by atoms with Crippen LogP contribution < -0.4 is 16.2 Å². The lowest BCUT2D eigenvalue weighted by molar-refractivity contribution is -0.118. The summed E-state index contributed by atoms with van der Waals surface area (Å²) < 4.78 is 30.5. The first-order valence-electron chi connectivity index (χ1n) is 13.8. The van der Waals surface area contributed by atoms with Gasteiger partial charge in [0.05, 0.1) is 30.1 Å². The van der Waals surface area contributed by atoms with Gasteiger partial charge >= 0.3 is 0 Å². The Morgan fingerprint density at radius 2 is 1.86 bits per heavy atom. The van der Waals surface area contributed by atoms with Crippen LogP contribution in [0, 0.1) is 12.7 Å². The largest absolute Gasteiger partial charge is 0.345 e. The molecule has 0 aliphatic heterocycles. The SMILES string of the molecule is CNC(CF)C(=O)Nc1cnc(-c2cccc(C(=O)N(C)C)c2)n(Cc2cncc(-n3cc(C)c4cc(F)ccc43)c2)c1=O. The van der Waals surface area contributed by atoms with Crippen molar-refractivity contribution < 1.29 is 18.4 Å². The van der Waals surface area contributed by atoms with E-state index in [-0.39, 0.29) is 29.8 Å². The maximum Gasteiger partial charge on any atom is 0.277 e. The Balaban J connectivity index is 1.60. The minimum Gasteiger partial charge on any atom is -0.345 e. The van der Waals surface area contributed by atoms with E-state index in [2.05, 4.69) is 20.6 Å². The molecule has 1 atom stereocenters. The normalized spacial score (nSPS) is 11.9. The first-order valence-corrected chi connectivity index (χ1v) is 13.8. The molecule has 0 fully saturated rings. The van der Waals surface area contributed by atoms with Gasteiger partial charge in [0.2, 0.25) is 5.91 Å². The van der Waals surface area contributed by atoms with Crippen molar-refractivity contribution in [1.29, 1.82) is 0 Å². The highest BCUT2D eigenvalue weighted by atomic mass is 19.1. The molecule has 0 saturated carbocycles. The summed E-state index contributed by atoms with van der Waals surface area (Å²) in [4.78, 5) is 49.5. The lowest BCUT2D eigenvalue weighted by Crippen LogP contribution is -2.41. The maximum absolute atomic E-state index is 13.9. The third kappa shape index (κ3) is 5.97. The average Bonchev–Trinajstić information content (AvgIpc) is 3.34. The number of benzene rings is 2. The van der Waals surface area contributed by atoms with E-state index in [9.17, 15) is 23.2 Å². The van der Waals surface area contributed by atoms with Crippen LogP contribution in [0.4, 0.5) is 14.5 Å².